The minimum atomic E-state index is -0.509. The first kappa shape index (κ1) is 20.9. The highest BCUT2D eigenvalue weighted by Gasteiger charge is 2.11. The lowest BCUT2D eigenvalue weighted by molar-refractivity contribution is -0.380. The molecule has 0 bridgehead atoms. The molecule has 0 N–H and O–H groups in total. The third kappa shape index (κ3) is 5.16. The average Bonchev–Trinajstić information content (AvgIpc) is 3.40. The van der Waals surface area contributed by atoms with Crippen molar-refractivity contribution in [2.75, 3.05) is 0 Å². The molecule has 0 radical (unpaired) electrons. The molecule has 0 amide bonds. The van der Waals surface area contributed by atoms with Crippen LogP contribution in [0.5, 0.6) is 0 Å². The first-order valence-electron chi connectivity index (χ1n) is 8.22. The highest BCUT2D eigenvalue weighted by molar-refractivity contribution is 7.16. The van der Waals surface area contributed by atoms with E-state index in [2.05, 4.69) is 4.98 Å². The van der Waals surface area contributed by atoms with Crippen molar-refractivity contribution in [2.45, 2.75) is 0 Å². The zero-order chi connectivity index (χ0) is 21.7. The Balaban J connectivity index is 1.70. The van der Waals surface area contributed by atoms with Gasteiger partial charge in [-0.25, -0.2) is 0 Å². The standard InChI is InChI=1S/C19H11N3O6S2/c23-16(5-1-14-3-7-18(29-14)21(25)26)12-9-13(11-20-10-12)17(24)6-2-15-4-8-19(30-15)22(27)28/h1-11H/b5-1-,6-2+. The molecule has 0 saturated carbocycles. The third-order valence-corrected chi connectivity index (χ3v) is 5.69. The molecule has 3 rings (SSSR count). The van der Waals surface area contributed by atoms with Crippen LogP contribution in [0.1, 0.15) is 30.5 Å². The van der Waals surface area contributed by atoms with Crippen LogP contribution in [0.25, 0.3) is 12.2 Å². The number of hydrogen-bond acceptors (Lipinski definition) is 9. The van der Waals surface area contributed by atoms with Gasteiger partial charge < -0.3 is 0 Å². The first-order valence-corrected chi connectivity index (χ1v) is 9.85. The third-order valence-electron chi connectivity index (χ3n) is 3.69. The largest absolute Gasteiger partial charge is 0.324 e. The van der Waals surface area contributed by atoms with E-state index in [0.29, 0.717) is 9.75 Å². The van der Waals surface area contributed by atoms with Crippen LogP contribution >= 0.6 is 22.7 Å². The molecule has 0 aliphatic rings. The van der Waals surface area contributed by atoms with E-state index < -0.39 is 21.4 Å². The maximum Gasteiger partial charge on any atom is 0.324 e. The van der Waals surface area contributed by atoms with Gasteiger partial charge in [-0.05, 0) is 42.5 Å². The number of rotatable bonds is 8. The Bertz CT molecular complexity index is 1120. The Morgan fingerprint density at radius 1 is 0.800 bits per heavy atom. The maximum atomic E-state index is 12.3. The van der Waals surface area contributed by atoms with Gasteiger partial charge in [-0.3, -0.25) is 34.8 Å². The molecule has 150 valence electrons. The second-order valence-electron chi connectivity index (χ2n) is 5.72. The summed E-state index contributed by atoms with van der Waals surface area (Å²) in [4.78, 5) is 50.0. The van der Waals surface area contributed by atoms with Crippen LogP contribution in [-0.2, 0) is 0 Å². The van der Waals surface area contributed by atoms with E-state index in [4.69, 9.17) is 0 Å². The number of allylic oxidation sites excluding steroid dienone is 2. The molecule has 0 aliphatic heterocycles. The molecular formula is C19H11N3O6S2. The lowest BCUT2D eigenvalue weighted by atomic mass is 10.1. The number of aromatic nitrogens is 1. The number of pyridine rings is 1. The van der Waals surface area contributed by atoms with E-state index in [0.717, 1.165) is 22.7 Å². The monoisotopic (exact) mass is 441 g/mol. The number of carbonyl (C=O) groups is 2. The Kier molecular flexibility index (Phi) is 6.35. The first-order chi connectivity index (χ1) is 14.3. The molecule has 3 aromatic heterocycles. The second-order valence-corrected chi connectivity index (χ2v) is 7.91. The van der Waals surface area contributed by atoms with Gasteiger partial charge >= 0.3 is 10.0 Å². The van der Waals surface area contributed by atoms with E-state index in [-0.39, 0.29) is 21.1 Å². The topological polar surface area (TPSA) is 133 Å². The number of ketones is 2. The normalized spacial score (nSPS) is 11.2. The molecule has 30 heavy (non-hydrogen) atoms. The molecule has 0 aliphatic carbocycles. The quantitative estimate of drug-likeness (QED) is 0.212. The van der Waals surface area contributed by atoms with Gasteiger partial charge in [0.25, 0.3) is 0 Å². The number of hydrogen-bond donors (Lipinski definition) is 0. The van der Waals surface area contributed by atoms with Crippen LogP contribution in [0.3, 0.4) is 0 Å². The van der Waals surface area contributed by atoms with Crippen LogP contribution in [0.2, 0.25) is 0 Å². The number of carbonyl (C=O) groups excluding carboxylic acids is 2. The van der Waals surface area contributed by atoms with Gasteiger partial charge in [-0.2, -0.15) is 0 Å². The van der Waals surface area contributed by atoms with Crippen molar-refractivity contribution < 1.29 is 19.4 Å². The Labute approximate surface area is 176 Å². The van der Waals surface area contributed by atoms with Crippen molar-refractivity contribution in [3.8, 4) is 0 Å². The van der Waals surface area contributed by atoms with E-state index in [9.17, 15) is 29.8 Å². The fourth-order valence-corrected chi connectivity index (χ4v) is 3.73. The van der Waals surface area contributed by atoms with E-state index in [1.54, 1.807) is 0 Å². The molecule has 0 spiro atoms. The lowest BCUT2D eigenvalue weighted by Crippen LogP contribution is -2.01. The summed E-state index contributed by atoms with van der Waals surface area (Å²) >= 11 is 1.87. The molecule has 0 unspecified atom stereocenters. The predicted octanol–water partition coefficient (Wildman–Crippen LogP) is 4.81. The molecule has 3 aromatic rings. The number of nitrogens with zero attached hydrogens (tertiary/aromatic N) is 3. The van der Waals surface area contributed by atoms with Crippen molar-refractivity contribution in [3.05, 3.63) is 96.0 Å². The summed E-state index contributed by atoms with van der Waals surface area (Å²) in [6.07, 6.45) is 8.04. The number of nitro groups is 2. The Morgan fingerprint density at radius 3 is 1.60 bits per heavy atom. The van der Waals surface area contributed by atoms with Crippen LogP contribution in [0.4, 0.5) is 10.0 Å². The number of thiophene rings is 2. The van der Waals surface area contributed by atoms with Crippen LogP contribution in [0.15, 0.2) is 54.9 Å². The smallest absolute Gasteiger partial charge is 0.289 e. The molecule has 0 saturated heterocycles. The van der Waals surface area contributed by atoms with Crippen molar-refractivity contribution in [3.63, 3.8) is 0 Å². The molecular weight excluding hydrogens is 430 g/mol. The predicted molar refractivity (Wildman–Crippen MR) is 113 cm³/mol. The molecule has 11 heteroatoms. The zero-order valence-electron chi connectivity index (χ0n) is 15.0. The molecule has 9 nitrogen and oxygen atoms in total. The molecule has 0 atom stereocenters. The maximum absolute atomic E-state index is 12.3. The summed E-state index contributed by atoms with van der Waals surface area (Å²) in [5, 5.41) is 21.3. The fourth-order valence-electron chi connectivity index (χ4n) is 2.28. The highest BCUT2D eigenvalue weighted by atomic mass is 32.1. The summed E-state index contributed by atoms with van der Waals surface area (Å²) < 4.78 is 0. The van der Waals surface area contributed by atoms with Gasteiger partial charge in [0.1, 0.15) is 0 Å². The average molecular weight is 441 g/mol. The summed E-state index contributed by atoms with van der Waals surface area (Å²) in [5.74, 6) is -0.822. The minimum Gasteiger partial charge on any atom is -0.289 e. The van der Waals surface area contributed by atoms with Crippen LogP contribution in [0, 0.1) is 20.2 Å². The molecule has 3 heterocycles. The van der Waals surface area contributed by atoms with Gasteiger partial charge in [0.2, 0.25) is 0 Å². The van der Waals surface area contributed by atoms with Crippen molar-refractivity contribution >= 4 is 56.4 Å². The van der Waals surface area contributed by atoms with Crippen LogP contribution in [-0.4, -0.2) is 26.4 Å². The van der Waals surface area contributed by atoms with E-state index in [1.165, 1.54) is 67.0 Å². The fraction of sp³-hybridized carbons (Fsp3) is 0. The highest BCUT2D eigenvalue weighted by Crippen LogP contribution is 2.26. The van der Waals surface area contributed by atoms with Gasteiger partial charge in [-0.15, -0.1) is 0 Å². The van der Waals surface area contributed by atoms with Gasteiger partial charge in [0, 0.05) is 45.4 Å². The molecule has 0 aromatic carbocycles. The van der Waals surface area contributed by atoms with E-state index in [1.807, 2.05) is 0 Å². The summed E-state index contributed by atoms with van der Waals surface area (Å²) in [6.45, 7) is 0. The Hall–Kier alpha value is -3.83. The SMILES string of the molecule is O=C(/C=C\c1ccc([N+](=O)[O-])s1)c1cncc(C(=O)/C=C/c2ccc([N+](=O)[O-])s2)c1. The summed E-state index contributed by atoms with van der Waals surface area (Å²) in [5.41, 5.74) is 0.367. The van der Waals surface area contributed by atoms with Crippen LogP contribution < -0.4 is 0 Å². The lowest BCUT2D eigenvalue weighted by Gasteiger charge is -1.99. The Morgan fingerprint density at radius 2 is 1.23 bits per heavy atom. The van der Waals surface area contributed by atoms with Gasteiger partial charge in [0.05, 0.1) is 9.85 Å². The molecule has 0 fully saturated rings. The van der Waals surface area contributed by atoms with Crippen molar-refractivity contribution in [1.29, 1.82) is 0 Å². The zero-order valence-corrected chi connectivity index (χ0v) is 16.6. The second kappa shape index (κ2) is 9.11. The van der Waals surface area contributed by atoms with Crippen molar-refractivity contribution in [2.24, 2.45) is 0 Å². The summed E-state index contributed by atoms with van der Waals surface area (Å²) in [7, 11) is 0. The van der Waals surface area contributed by atoms with Gasteiger partial charge in [0.15, 0.2) is 11.6 Å². The minimum absolute atomic E-state index is 0.0285. The van der Waals surface area contributed by atoms with Crippen molar-refractivity contribution in [1.82, 2.24) is 4.98 Å². The van der Waals surface area contributed by atoms with E-state index >= 15 is 0 Å². The van der Waals surface area contributed by atoms with Gasteiger partial charge in [-0.1, -0.05) is 22.7 Å². The summed E-state index contributed by atoms with van der Waals surface area (Å²) in [6, 6.07) is 7.16.